The number of para-hydroxylation sites is 1. The molecule has 0 saturated heterocycles. The molecular weight excluding hydrogens is 210 g/mol. The highest BCUT2D eigenvalue weighted by Gasteiger charge is 2.15. The maximum Gasteiger partial charge on any atom is 0.0643 e. The van der Waals surface area contributed by atoms with Crippen molar-refractivity contribution in [2.75, 3.05) is 11.9 Å². The molecule has 1 rings (SSSR count). The molecule has 1 unspecified atom stereocenters. The van der Waals surface area contributed by atoms with Gasteiger partial charge in [-0.2, -0.15) is 5.26 Å². The van der Waals surface area contributed by atoms with E-state index in [0.29, 0.717) is 6.42 Å². The Balaban J connectivity index is 3.01. The summed E-state index contributed by atoms with van der Waals surface area (Å²) in [6.45, 7) is 4.14. The smallest absolute Gasteiger partial charge is 0.0643 e. The van der Waals surface area contributed by atoms with Gasteiger partial charge in [-0.25, -0.2) is 0 Å². The molecule has 0 spiro atoms. The van der Waals surface area contributed by atoms with Crippen molar-refractivity contribution >= 4 is 5.69 Å². The van der Waals surface area contributed by atoms with Crippen molar-refractivity contribution in [3.05, 3.63) is 29.8 Å². The van der Waals surface area contributed by atoms with Gasteiger partial charge in [0.05, 0.1) is 12.5 Å². The molecule has 0 aliphatic carbocycles. The zero-order chi connectivity index (χ0) is 12.8. The van der Waals surface area contributed by atoms with Crippen molar-refractivity contribution in [1.82, 2.24) is 0 Å². The van der Waals surface area contributed by atoms with Crippen LogP contribution in [-0.2, 0) is 0 Å². The Labute approximate surface area is 104 Å². The minimum absolute atomic E-state index is 0.0583. The van der Waals surface area contributed by atoms with Crippen LogP contribution in [0.1, 0.15) is 38.3 Å². The second-order valence-electron chi connectivity index (χ2n) is 4.40. The average molecular weight is 231 g/mol. The van der Waals surface area contributed by atoms with Crippen LogP contribution >= 0.6 is 0 Å². The van der Waals surface area contributed by atoms with Gasteiger partial charge in [0.2, 0.25) is 0 Å². The molecule has 2 N–H and O–H groups in total. The summed E-state index contributed by atoms with van der Waals surface area (Å²) >= 11 is 0. The lowest BCUT2D eigenvalue weighted by atomic mass is 10.0. The van der Waals surface area contributed by atoms with Crippen LogP contribution in [-0.4, -0.2) is 13.1 Å². The lowest BCUT2D eigenvalue weighted by molar-refractivity contribution is 0.668. The zero-order valence-corrected chi connectivity index (χ0v) is 10.9. The number of anilines is 1. The first-order valence-electron chi connectivity index (χ1n) is 6.06. The van der Waals surface area contributed by atoms with E-state index >= 15 is 0 Å². The number of nitriles is 1. The maximum atomic E-state index is 8.76. The SMILES string of the molecule is CC[C@@H](N)c1ccccc1N(C)C(C)CC#N. The van der Waals surface area contributed by atoms with Gasteiger partial charge in [0, 0.05) is 24.8 Å². The van der Waals surface area contributed by atoms with Gasteiger partial charge in [0.1, 0.15) is 0 Å². The first-order valence-corrected chi connectivity index (χ1v) is 6.06. The highest BCUT2D eigenvalue weighted by atomic mass is 15.1. The summed E-state index contributed by atoms with van der Waals surface area (Å²) in [5, 5.41) is 8.76. The summed E-state index contributed by atoms with van der Waals surface area (Å²) in [6.07, 6.45) is 1.43. The second kappa shape index (κ2) is 6.27. The van der Waals surface area contributed by atoms with E-state index in [-0.39, 0.29) is 12.1 Å². The Kier molecular flexibility index (Phi) is 4.99. The molecule has 0 heterocycles. The second-order valence-corrected chi connectivity index (χ2v) is 4.40. The molecular formula is C14H21N3. The van der Waals surface area contributed by atoms with Crippen LogP contribution in [0.15, 0.2) is 24.3 Å². The largest absolute Gasteiger partial charge is 0.371 e. The van der Waals surface area contributed by atoms with Gasteiger partial charge in [0.25, 0.3) is 0 Å². The van der Waals surface area contributed by atoms with E-state index in [1.54, 1.807) is 0 Å². The zero-order valence-electron chi connectivity index (χ0n) is 10.9. The Hall–Kier alpha value is -1.53. The quantitative estimate of drug-likeness (QED) is 0.847. The molecule has 17 heavy (non-hydrogen) atoms. The molecule has 1 aromatic rings. The average Bonchev–Trinajstić information content (AvgIpc) is 2.37. The van der Waals surface area contributed by atoms with E-state index in [2.05, 4.69) is 36.9 Å². The molecule has 0 amide bonds. The maximum absolute atomic E-state index is 8.76. The molecule has 1 aromatic carbocycles. The van der Waals surface area contributed by atoms with Crippen LogP contribution in [0.3, 0.4) is 0 Å². The first kappa shape index (κ1) is 13.5. The number of nitrogens with zero attached hydrogens (tertiary/aromatic N) is 2. The van der Waals surface area contributed by atoms with E-state index < -0.39 is 0 Å². The van der Waals surface area contributed by atoms with Gasteiger partial charge in [-0.3, -0.25) is 0 Å². The fourth-order valence-corrected chi connectivity index (χ4v) is 1.85. The van der Waals surface area contributed by atoms with Crippen molar-refractivity contribution in [1.29, 1.82) is 5.26 Å². The number of benzene rings is 1. The van der Waals surface area contributed by atoms with Crippen molar-refractivity contribution < 1.29 is 0 Å². The van der Waals surface area contributed by atoms with E-state index in [1.165, 1.54) is 0 Å². The van der Waals surface area contributed by atoms with Crippen molar-refractivity contribution in [3.63, 3.8) is 0 Å². The van der Waals surface area contributed by atoms with Crippen molar-refractivity contribution in [3.8, 4) is 6.07 Å². The number of hydrogen-bond donors (Lipinski definition) is 1. The molecule has 3 heteroatoms. The summed E-state index contributed by atoms with van der Waals surface area (Å²) in [5.74, 6) is 0. The van der Waals surface area contributed by atoms with Crippen LogP contribution in [0.4, 0.5) is 5.69 Å². The molecule has 2 atom stereocenters. The van der Waals surface area contributed by atoms with Crippen LogP contribution in [0.5, 0.6) is 0 Å². The molecule has 0 bridgehead atoms. The Morgan fingerprint density at radius 3 is 2.65 bits per heavy atom. The predicted octanol–water partition coefficient (Wildman–Crippen LogP) is 2.83. The summed E-state index contributed by atoms with van der Waals surface area (Å²) in [6, 6.07) is 10.6. The first-order chi connectivity index (χ1) is 8.11. The summed E-state index contributed by atoms with van der Waals surface area (Å²) in [5.41, 5.74) is 8.40. The standard InChI is InChI=1S/C14H21N3/c1-4-13(16)12-7-5-6-8-14(12)17(3)11(2)9-10-15/h5-8,11,13H,4,9,16H2,1-3H3/t11?,13-/m1/s1. The van der Waals surface area contributed by atoms with E-state index in [0.717, 1.165) is 17.7 Å². The highest BCUT2D eigenvalue weighted by Crippen LogP contribution is 2.27. The third-order valence-electron chi connectivity index (χ3n) is 3.20. The molecule has 0 saturated carbocycles. The summed E-state index contributed by atoms with van der Waals surface area (Å²) < 4.78 is 0. The van der Waals surface area contributed by atoms with Gasteiger partial charge in [-0.1, -0.05) is 25.1 Å². The molecule has 0 fully saturated rings. The fourth-order valence-electron chi connectivity index (χ4n) is 1.85. The van der Waals surface area contributed by atoms with Gasteiger partial charge >= 0.3 is 0 Å². The van der Waals surface area contributed by atoms with Crippen LogP contribution in [0.2, 0.25) is 0 Å². The Morgan fingerprint density at radius 2 is 2.06 bits per heavy atom. The monoisotopic (exact) mass is 231 g/mol. The van der Waals surface area contributed by atoms with Crippen LogP contribution in [0, 0.1) is 11.3 Å². The number of nitrogens with two attached hydrogens (primary N) is 1. The third kappa shape index (κ3) is 3.21. The van der Waals surface area contributed by atoms with Crippen molar-refractivity contribution in [2.24, 2.45) is 5.73 Å². The minimum Gasteiger partial charge on any atom is -0.371 e. The van der Waals surface area contributed by atoms with Gasteiger partial charge < -0.3 is 10.6 Å². The lowest BCUT2D eigenvalue weighted by Gasteiger charge is -2.29. The molecule has 0 radical (unpaired) electrons. The highest BCUT2D eigenvalue weighted by molar-refractivity contribution is 5.55. The lowest BCUT2D eigenvalue weighted by Crippen LogP contribution is -2.30. The van der Waals surface area contributed by atoms with Gasteiger partial charge in [-0.05, 0) is 25.0 Å². The van der Waals surface area contributed by atoms with Crippen LogP contribution < -0.4 is 10.6 Å². The van der Waals surface area contributed by atoms with Gasteiger partial charge in [-0.15, -0.1) is 0 Å². The van der Waals surface area contributed by atoms with Gasteiger partial charge in [0.15, 0.2) is 0 Å². The predicted molar refractivity (Wildman–Crippen MR) is 71.8 cm³/mol. The molecule has 0 aromatic heterocycles. The van der Waals surface area contributed by atoms with E-state index in [4.69, 9.17) is 11.0 Å². The number of rotatable bonds is 5. The molecule has 3 nitrogen and oxygen atoms in total. The van der Waals surface area contributed by atoms with Crippen molar-refractivity contribution in [2.45, 2.75) is 38.8 Å². The number of hydrogen-bond acceptors (Lipinski definition) is 3. The minimum atomic E-state index is 0.0583. The van der Waals surface area contributed by atoms with E-state index in [9.17, 15) is 0 Å². The topological polar surface area (TPSA) is 53.0 Å². The Bertz CT molecular complexity index is 395. The van der Waals surface area contributed by atoms with Crippen LogP contribution in [0.25, 0.3) is 0 Å². The third-order valence-corrected chi connectivity index (χ3v) is 3.20. The summed E-state index contributed by atoms with van der Waals surface area (Å²) in [7, 11) is 2.02. The molecule has 0 aliphatic heterocycles. The molecule has 92 valence electrons. The molecule has 0 aliphatic rings. The summed E-state index contributed by atoms with van der Waals surface area (Å²) in [4.78, 5) is 2.13. The Morgan fingerprint density at radius 1 is 1.41 bits per heavy atom. The fraction of sp³-hybridized carbons (Fsp3) is 0.500. The van der Waals surface area contributed by atoms with E-state index in [1.807, 2.05) is 19.2 Å². The normalized spacial score (nSPS) is 13.8.